The molecule has 0 aliphatic heterocycles. The average molecular weight is 365 g/mol. The number of halogens is 2. The lowest BCUT2D eigenvalue weighted by Crippen LogP contribution is -2.37. The molecule has 2 rings (SSSR count). The Labute approximate surface area is 150 Å². The van der Waals surface area contributed by atoms with E-state index in [1.807, 2.05) is 13.0 Å². The minimum absolute atomic E-state index is 0.0358. The predicted molar refractivity (Wildman–Crippen MR) is 93.4 cm³/mol. The van der Waals surface area contributed by atoms with Gasteiger partial charge in [-0.15, -0.1) is 0 Å². The summed E-state index contributed by atoms with van der Waals surface area (Å²) in [7, 11) is 0. The number of benzene rings is 2. The van der Waals surface area contributed by atoms with E-state index >= 15 is 0 Å². The van der Waals surface area contributed by atoms with Gasteiger partial charge in [0.2, 0.25) is 0 Å². The van der Waals surface area contributed by atoms with E-state index in [-0.39, 0.29) is 31.2 Å². The summed E-state index contributed by atoms with van der Waals surface area (Å²) < 4.78 is 18.9. The number of hydrogen-bond donors (Lipinski definition) is 2. The standard InChI is InChI=1S/C18H18ClFN2O3/c1-12-5-4-7-14(19)17(12)25-11-16(23)21-9-10-22-18(24)13-6-2-3-8-15(13)20/h2-8H,9-11H2,1H3,(H,21,23)(H,22,24). The van der Waals surface area contributed by atoms with Crippen molar-refractivity contribution >= 4 is 23.4 Å². The smallest absolute Gasteiger partial charge is 0.258 e. The minimum atomic E-state index is -0.590. The third-order valence-corrected chi connectivity index (χ3v) is 3.66. The van der Waals surface area contributed by atoms with E-state index in [0.29, 0.717) is 10.8 Å². The molecule has 0 radical (unpaired) electrons. The van der Waals surface area contributed by atoms with Crippen molar-refractivity contribution in [3.05, 3.63) is 64.4 Å². The maximum Gasteiger partial charge on any atom is 0.258 e. The van der Waals surface area contributed by atoms with Gasteiger partial charge in [-0.1, -0.05) is 35.9 Å². The molecule has 0 saturated carbocycles. The molecular formula is C18H18ClFN2O3. The van der Waals surface area contributed by atoms with E-state index in [0.717, 1.165) is 5.56 Å². The molecule has 0 heterocycles. The molecule has 25 heavy (non-hydrogen) atoms. The van der Waals surface area contributed by atoms with Gasteiger partial charge in [0, 0.05) is 13.1 Å². The van der Waals surface area contributed by atoms with E-state index in [1.165, 1.54) is 18.2 Å². The molecule has 0 bridgehead atoms. The van der Waals surface area contributed by atoms with Crippen LogP contribution in [0, 0.1) is 12.7 Å². The summed E-state index contributed by atoms with van der Waals surface area (Å²) in [6, 6.07) is 11.0. The third-order valence-electron chi connectivity index (χ3n) is 3.36. The lowest BCUT2D eigenvalue weighted by molar-refractivity contribution is -0.123. The van der Waals surface area contributed by atoms with Crippen LogP contribution in [0.4, 0.5) is 4.39 Å². The second kappa shape index (κ2) is 9.03. The van der Waals surface area contributed by atoms with Crippen LogP contribution in [0.25, 0.3) is 0 Å². The van der Waals surface area contributed by atoms with Crippen molar-refractivity contribution in [1.29, 1.82) is 0 Å². The molecule has 0 aromatic heterocycles. The first-order valence-electron chi connectivity index (χ1n) is 7.66. The Kier molecular flexibility index (Phi) is 6.77. The molecule has 2 aromatic carbocycles. The molecule has 0 atom stereocenters. The van der Waals surface area contributed by atoms with Gasteiger partial charge in [0.25, 0.3) is 11.8 Å². The zero-order chi connectivity index (χ0) is 18.2. The van der Waals surface area contributed by atoms with Crippen molar-refractivity contribution in [2.75, 3.05) is 19.7 Å². The first kappa shape index (κ1) is 18.7. The summed E-state index contributed by atoms with van der Waals surface area (Å²) in [5.74, 6) is -1.01. The van der Waals surface area contributed by atoms with Crippen molar-refractivity contribution in [3.63, 3.8) is 0 Å². The molecule has 0 unspecified atom stereocenters. The molecule has 0 aliphatic rings. The molecule has 2 N–H and O–H groups in total. The number of para-hydroxylation sites is 1. The van der Waals surface area contributed by atoms with Gasteiger partial charge in [-0.25, -0.2) is 4.39 Å². The van der Waals surface area contributed by atoms with Crippen molar-refractivity contribution in [2.45, 2.75) is 6.92 Å². The topological polar surface area (TPSA) is 67.4 Å². The Balaban J connectivity index is 1.71. The van der Waals surface area contributed by atoms with E-state index in [4.69, 9.17) is 16.3 Å². The number of hydrogen-bond acceptors (Lipinski definition) is 3. The molecule has 0 saturated heterocycles. The monoisotopic (exact) mass is 364 g/mol. The normalized spacial score (nSPS) is 10.2. The number of amides is 2. The van der Waals surface area contributed by atoms with Crippen molar-refractivity contribution < 1.29 is 18.7 Å². The first-order valence-corrected chi connectivity index (χ1v) is 8.04. The highest BCUT2D eigenvalue weighted by Gasteiger charge is 2.11. The Morgan fingerprint density at radius 1 is 1.08 bits per heavy atom. The molecular weight excluding hydrogens is 347 g/mol. The quantitative estimate of drug-likeness (QED) is 0.742. The lowest BCUT2D eigenvalue weighted by atomic mass is 10.2. The average Bonchev–Trinajstić information content (AvgIpc) is 2.58. The van der Waals surface area contributed by atoms with E-state index in [9.17, 15) is 14.0 Å². The summed E-state index contributed by atoms with van der Waals surface area (Å²) >= 11 is 6.01. The summed E-state index contributed by atoms with van der Waals surface area (Å²) in [5.41, 5.74) is 0.795. The lowest BCUT2D eigenvalue weighted by Gasteiger charge is -2.11. The minimum Gasteiger partial charge on any atom is -0.482 e. The zero-order valence-electron chi connectivity index (χ0n) is 13.6. The third kappa shape index (κ3) is 5.46. The van der Waals surface area contributed by atoms with Gasteiger partial charge in [-0.2, -0.15) is 0 Å². The number of carbonyl (C=O) groups is 2. The first-order chi connectivity index (χ1) is 12.0. The van der Waals surface area contributed by atoms with Gasteiger partial charge in [-0.3, -0.25) is 9.59 Å². The molecule has 5 nitrogen and oxygen atoms in total. The zero-order valence-corrected chi connectivity index (χ0v) is 14.4. The van der Waals surface area contributed by atoms with Crippen LogP contribution in [0.2, 0.25) is 5.02 Å². The van der Waals surface area contributed by atoms with Gasteiger partial charge >= 0.3 is 0 Å². The second-order valence-corrected chi connectivity index (χ2v) is 5.67. The predicted octanol–water partition coefficient (Wildman–Crippen LogP) is 2.71. The molecule has 2 aromatic rings. The van der Waals surface area contributed by atoms with E-state index in [2.05, 4.69) is 10.6 Å². The number of nitrogens with one attached hydrogen (secondary N) is 2. The highest BCUT2D eigenvalue weighted by atomic mass is 35.5. The van der Waals surface area contributed by atoms with Gasteiger partial charge in [0.05, 0.1) is 10.6 Å². The molecule has 2 amide bonds. The van der Waals surface area contributed by atoms with Crippen LogP contribution in [-0.4, -0.2) is 31.5 Å². The maximum atomic E-state index is 13.4. The summed E-state index contributed by atoms with van der Waals surface area (Å²) in [4.78, 5) is 23.5. The summed E-state index contributed by atoms with van der Waals surface area (Å²) in [6.45, 7) is 2.01. The van der Waals surface area contributed by atoms with Crippen LogP contribution in [-0.2, 0) is 4.79 Å². The maximum absolute atomic E-state index is 13.4. The van der Waals surface area contributed by atoms with E-state index in [1.54, 1.807) is 18.2 Å². The number of rotatable bonds is 7. The fourth-order valence-corrected chi connectivity index (χ4v) is 2.38. The van der Waals surface area contributed by atoms with Gasteiger partial charge in [0.1, 0.15) is 11.6 Å². The molecule has 132 valence electrons. The van der Waals surface area contributed by atoms with Crippen LogP contribution in [0.5, 0.6) is 5.75 Å². The molecule has 0 aliphatic carbocycles. The van der Waals surface area contributed by atoms with Crippen molar-refractivity contribution in [1.82, 2.24) is 10.6 Å². The second-order valence-electron chi connectivity index (χ2n) is 5.26. The Morgan fingerprint density at radius 2 is 1.80 bits per heavy atom. The van der Waals surface area contributed by atoms with Crippen LogP contribution in [0.1, 0.15) is 15.9 Å². The van der Waals surface area contributed by atoms with Crippen molar-refractivity contribution in [3.8, 4) is 5.75 Å². The van der Waals surface area contributed by atoms with Gasteiger partial charge in [-0.05, 0) is 30.7 Å². The summed E-state index contributed by atoms with van der Waals surface area (Å²) in [5, 5.41) is 5.56. The van der Waals surface area contributed by atoms with Crippen molar-refractivity contribution in [2.24, 2.45) is 0 Å². The molecule has 0 spiro atoms. The molecule has 0 fully saturated rings. The van der Waals surface area contributed by atoms with E-state index < -0.39 is 11.7 Å². The highest BCUT2D eigenvalue weighted by molar-refractivity contribution is 6.32. The van der Waals surface area contributed by atoms with Crippen LogP contribution >= 0.6 is 11.6 Å². The Bertz CT molecular complexity index is 747. The summed E-state index contributed by atoms with van der Waals surface area (Å²) in [6.07, 6.45) is 0. The van der Waals surface area contributed by atoms with Crippen LogP contribution in [0.15, 0.2) is 42.5 Å². The SMILES string of the molecule is Cc1cccc(Cl)c1OCC(=O)NCCNC(=O)c1ccccc1F. The van der Waals surface area contributed by atoms with Crippen LogP contribution < -0.4 is 15.4 Å². The Hall–Kier alpha value is -2.60. The highest BCUT2D eigenvalue weighted by Crippen LogP contribution is 2.27. The van der Waals surface area contributed by atoms with Gasteiger partial charge < -0.3 is 15.4 Å². The fourth-order valence-electron chi connectivity index (χ4n) is 2.11. The van der Waals surface area contributed by atoms with Gasteiger partial charge in [0.15, 0.2) is 6.61 Å². The largest absolute Gasteiger partial charge is 0.482 e. The number of carbonyl (C=O) groups excluding carboxylic acids is 2. The molecule has 7 heteroatoms. The fraction of sp³-hybridized carbons (Fsp3) is 0.222. The number of ether oxygens (including phenoxy) is 1. The van der Waals surface area contributed by atoms with Crippen LogP contribution in [0.3, 0.4) is 0 Å². The number of aryl methyl sites for hydroxylation is 1. The Morgan fingerprint density at radius 3 is 2.52 bits per heavy atom.